The van der Waals surface area contributed by atoms with E-state index >= 15 is 0 Å². The number of aromatic nitrogens is 1. The summed E-state index contributed by atoms with van der Waals surface area (Å²) in [6.07, 6.45) is 2.59. The SMILES string of the molecule is CCC(C)(CO)NCc1c[nH]c(C(=O)OC)c1. The molecule has 0 amide bonds. The highest BCUT2D eigenvalue weighted by Gasteiger charge is 2.20. The van der Waals surface area contributed by atoms with Crippen LogP contribution in [0.2, 0.25) is 0 Å². The lowest BCUT2D eigenvalue weighted by Crippen LogP contribution is -2.44. The fourth-order valence-corrected chi connectivity index (χ4v) is 1.38. The molecule has 3 N–H and O–H groups in total. The van der Waals surface area contributed by atoms with E-state index in [1.807, 2.05) is 13.8 Å². The van der Waals surface area contributed by atoms with Gasteiger partial charge in [-0.15, -0.1) is 0 Å². The van der Waals surface area contributed by atoms with Crippen LogP contribution >= 0.6 is 0 Å². The van der Waals surface area contributed by atoms with Gasteiger partial charge in [0.05, 0.1) is 13.7 Å². The standard InChI is InChI=1S/C12H20N2O3/c1-4-12(2,8-15)14-7-9-5-10(13-6-9)11(16)17-3/h5-6,13-15H,4,7-8H2,1-3H3. The number of carbonyl (C=O) groups excluding carboxylic acids is 1. The van der Waals surface area contributed by atoms with Crippen molar-refractivity contribution in [2.75, 3.05) is 13.7 Å². The van der Waals surface area contributed by atoms with E-state index in [2.05, 4.69) is 15.0 Å². The van der Waals surface area contributed by atoms with Crippen LogP contribution in [0.25, 0.3) is 0 Å². The smallest absolute Gasteiger partial charge is 0.354 e. The zero-order valence-electron chi connectivity index (χ0n) is 10.5. The van der Waals surface area contributed by atoms with E-state index in [1.165, 1.54) is 7.11 Å². The molecule has 5 nitrogen and oxygen atoms in total. The van der Waals surface area contributed by atoms with Crippen molar-refractivity contribution in [2.45, 2.75) is 32.4 Å². The summed E-state index contributed by atoms with van der Waals surface area (Å²) >= 11 is 0. The summed E-state index contributed by atoms with van der Waals surface area (Å²) in [5, 5.41) is 12.5. The first-order valence-electron chi connectivity index (χ1n) is 5.66. The van der Waals surface area contributed by atoms with E-state index in [0.29, 0.717) is 12.2 Å². The van der Waals surface area contributed by atoms with Crippen LogP contribution in [0.1, 0.15) is 36.3 Å². The molecule has 0 fully saturated rings. The Morgan fingerprint density at radius 1 is 1.65 bits per heavy atom. The van der Waals surface area contributed by atoms with Gasteiger partial charge >= 0.3 is 5.97 Å². The minimum Gasteiger partial charge on any atom is -0.464 e. The van der Waals surface area contributed by atoms with E-state index in [-0.39, 0.29) is 18.1 Å². The lowest BCUT2D eigenvalue weighted by atomic mass is 10.00. The zero-order valence-corrected chi connectivity index (χ0v) is 10.5. The fourth-order valence-electron chi connectivity index (χ4n) is 1.38. The number of aliphatic hydroxyl groups excluding tert-OH is 1. The summed E-state index contributed by atoms with van der Waals surface area (Å²) in [4.78, 5) is 14.1. The molecule has 1 unspecified atom stereocenters. The van der Waals surface area contributed by atoms with Gasteiger partial charge < -0.3 is 20.1 Å². The van der Waals surface area contributed by atoms with Gasteiger partial charge in [-0.1, -0.05) is 6.92 Å². The van der Waals surface area contributed by atoms with E-state index < -0.39 is 0 Å². The maximum atomic E-state index is 11.2. The molecule has 96 valence electrons. The Kier molecular flexibility index (Phi) is 4.72. The van der Waals surface area contributed by atoms with Crippen LogP contribution in [0.5, 0.6) is 0 Å². The third-order valence-corrected chi connectivity index (χ3v) is 3.00. The number of aromatic amines is 1. The van der Waals surface area contributed by atoms with Crippen molar-refractivity contribution in [3.05, 3.63) is 23.5 Å². The second-order valence-corrected chi connectivity index (χ2v) is 4.34. The van der Waals surface area contributed by atoms with Gasteiger partial charge in [0, 0.05) is 18.3 Å². The van der Waals surface area contributed by atoms with Gasteiger partial charge in [-0.05, 0) is 25.0 Å². The molecular formula is C12H20N2O3. The maximum Gasteiger partial charge on any atom is 0.354 e. The number of hydrogen-bond acceptors (Lipinski definition) is 4. The highest BCUT2D eigenvalue weighted by atomic mass is 16.5. The molecule has 1 heterocycles. The van der Waals surface area contributed by atoms with Crippen LogP contribution in [-0.2, 0) is 11.3 Å². The number of esters is 1. The van der Waals surface area contributed by atoms with Crippen molar-refractivity contribution in [3.8, 4) is 0 Å². The molecule has 1 rings (SSSR count). The number of carbonyl (C=O) groups is 1. The van der Waals surface area contributed by atoms with Crippen LogP contribution in [0.15, 0.2) is 12.3 Å². The molecule has 17 heavy (non-hydrogen) atoms. The van der Waals surface area contributed by atoms with Crippen LogP contribution in [0, 0.1) is 0 Å². The molecule has 1 atom stereocenters. The van der Waals surface area contributed by atoms with E-state index in [4.69, 9.17) is 0 Å². The summed E-state index contributed by atoms with van der Waals surface area (Å²) in [5.74, 6) is -0.378. The Balaban J connectivity index is 2.58. The minimum atomic E-state index is -0.378. The second-order valence-electron chi connectivity index (χ2n) is 4.34. The average molecular weight is 240 g/mol. The first kappa shape index (κ1) is 13.7. The average Bonchev–Trinajstić information content (AvgIpc) is 2.84. The summed E-state index contributed by atoms with van der Waals surface area (Å²) in [7, 11) is 1.35. The Morgan fingerprint density at radius 3 is 2.88 bits per heavy atom. The molecule has 0 bridgehead atoms. The second kappa shape index (κ2) is 5.84. The van der Waals surface area contributed by atoms with Crippen molar-refractivity contribution in [2.24, 2.45) is 0 Å². The predicted molar refractivity (Wildman–Crippen MR) is 64.8 cm³/mol. The summed E-state index contributed by atoms with van der Waals surface area (Å²) in [6.45, 7) is 4.65. The van der Waals surface area contributed by atoms with Gasteiger partial charge in [-0.25, -0.2) is 4.79 Å². The molecule has 1 aromatic heterocycles. The first-order valence-corrected chi connectivity index (χ1v) is 5.66. The van der Waals surface area contributed by atoms with Crippen molar-refractivity contribution in [1.82, 2.24) is 10.3 Å². The highest BCUT2D eigenvalue weighted by molar-refractivity contribution is 5.87. The summed E-state index contributed by atoms with van der Waals surface area (Å²) in [5.41, 5.74) is 1.10. The fraction of sp³-hybridized carbons (Fsp3) is 0.583. The molecule has 0 radical (unpaired) electrons. The van der Waals surface area contributed by atoms with Crippen LogP contribution in [0.4, 0.5) is 0 Å². The Morgan fingerprint density at radius 2 is 2.35 bits per heavy atom. The molecule has 0 aliphatic rings. The molecule has 0 saturated carbocycles. The highest BCUT2D eigenvalue weighted by Crippen LogP contribution is 2.11. The normalized spacial score (nSPS) is 14.4. The Hall–Kier alpha value is -1.33. The number of hydrogen-bond donors (Lipinski definition) is 3. The number of aliphatic hydroxyl groups is 1. The molecule has 0 saturated heterocycles. The van der Waals surface area contributed by atoms with Crippen molar-refractivity contribution in [3.63, 3.8) is 0 Å². The molecule has 5 heteroatoms. The largest absolute Gasteiger partial charge is 0.464 e. The topological polar surface area (TPSA) is 74.4 Å². The molecule has 0 aliphatic heterocycles. The number of nitrogens with one attached hydrogen (secondary N) is 2. The summed E-state index contributed by atoms with van der Waals surface area (Å²) < 4.78 is 4.61. The number of ether oxygens (including phenoxy) is 1. The van der Waals surface area contributed by atoms with Crippen molar-refractivity contribution < 1.29 is 14.6 Å². The van der Waals surface area contributed by atoms with Crippen LogP contribution in [0.3, 0.4) is 0 Å². The van der Waals surface area contributed by atoms with Gasteiger partial charge in [0.2, 0.25) is 0 Å². The molecule has 0 spiro atoms. The minimum absolute atomic E-state index is 0.0811. The molecule has 0 aliphatic carbocycles. The van der Waals surface area contributed by atoms with Gasteiger partial charge in [-0.3, -0.25) is 0 Å². The maximum absolute atomic E-state index is 11.2. The first-order chi connectivity index (χ1) is 8.04. The lowest BCUT2D eigenvalue weighted by molar-refractivity contribution is 0.0595. The molecule has 1 aromatic rings. The van der Waals surface area contributed by atoms with Gasteiger partial charge in [0.1, 0.15) is 5.69 Å². The van der Waals surface area contributed by atoms with Gasteiger partial charge in [0.25, 0.3) is 0 Å². The third-order valence-electron chi connectivity index (χ3n) is 3.00. The number of methoxy groups -OCH3 is 1. The Bertz CT molecular complexity index is 370. The van der Waals surface area contributed by atoms with Crippen LogP contribution in [-0.4, -0.2) is 35.3 Å². The van der Waals surface area contributed by atoms with Gasteiger partial charge in [0.15, 0.2) is 0 Å². The molecule has 0 aromatic carbocycles. The van der Waals surface area contributed by atoms with Crippen molar-refractivity contribution in [1.29, 1.82) is 0 Å². The van der Waals surface area contributed by atoms with Gasteiger partial charge in [-0.2, -0.15) is 0 Å². The monoisotopic (exact) mass is 240 g/mol. The number of H-pyrrole nitrogens is 1. The quantitative estimate of drug-likeness (QED) is 0.650. The predicted octanol–water partition coefficient (Wildman–Crippen LogP) is 1.05. The lowest BCUT2D eigenvalue weighted by Gasteiger charge is -2.27. The van der Waals surface area contributed by atoms with Crippen LogP contribution < -0.4 is 5.32 Å². The Labute approximate surface area is 101 Å². The number of rotatable bonds is 6. The zero-order chi connectivity index (χ0) is 12.9. The van der Waals surface area contributed by atoms with E-state index in [1.54, 1.807) is 12.3 Å². The summed E-state index contributed by atoms with van der Waals surface area (Å²) in [6, 6.07) is 1.74. The van der Waals surface area contributed by atoms with E-state index in [9.17, 15) is 9.90 Å². The molecular weight excluding hydrogens is 220 g/mol. The third kappa shape index (κ3) is 3.57. The van der Waals surface area contributed by atoms with E-state index in [0.717, 1.165) is 12.0 Å². The van der Waals surface area contributed by atoms with Crippen molar-refractivity contribution >= 4 is 5.97 Å².